The fourth-order valence-corrected chi connectivity index (χ4v) is 0.994. The lowest BCUT2D eigenvalue weighted by molar-refractivity contribution is -0.138. The van der Waals surface area contributed by atoms with E-state index in [2.05, 4.69) is 5.32 Å². The Morgan fingerprint density at radius 2 is 1.69 bits per heavy atom. The Morgan fingerprint density at radius 1 is 1.12 bits per heavy atom. The number of alkyl halides is 3. The number of unbranched alkanes of at least 4 members (excludes halogenated alkanes) is 1. The SMILES string of the molecule is O=C(O)CCCCC(=O)NCCC(F)(F)F. The zero-order chi connectivity index (χ0) is 12.6. The van der Waals surface area contributed by atoms with E-state index in [-0.39, 0.29) is 12.8 Å². The highest BCUT2D eigenvalue weighted by Crippen LogP contribution is 2.18. The van der Waals surface area contributed by atoms with Gasteiger partial charge in [0.1, 0.15) is 0 Å². The van der Waals surface area contributed by atoms with Crippen molar-refractivity contribution in [1.29, 1.82) is 0 Å². The van der Waals surface area contributed by atoms with E-state index in [0.717, 1.165) is 0 Å². The zero-order valence-electron chi connectivity index (χ0n) is 8.64. The Hall–Kier alpha value is -1.27. The number of aliphatic carboxylic acids is 1. The molecular weight excluding hydrogens is 227 g/mol. The molecule has 0 atom stereocenters. The number of amides is 1. The van der Waals surface area contributed by atoms with E-state index < -0.39 is 31.0 Å². The molecule has 0 aliphatic carbocycles. The van der Waals surface area contributed by atoms with Gasteiger partial charge in [-0.1, -0.05) is 0 Å². The van der Waals surface area contributed by atoms with Crippen LogP contribution in [-0.4, -0.2) is 29.7 Å². The minimum absolute atomic E-state index is 0.0319. The van der Waals surface area contributed by atoms with Crippen LogP contribution in [0.5, 0.6) is 0 Å². The summed E-state index contributed by atoms with van der Waals surface area (Å²) < 4.78 is 35.1. The van der Waals surface area contributed by atoms with Crippen molar-refractivity contribution in [1.82, 2.24) is 5.32 Å². The lowest BCUT2D eigenvalue weighted by atomic mass is 10.2. The van der Waals surface area contributed by atoms with Crippen LogP contribution in [-0.2, 0) is 9.59 Å². The van der Waals surface area contributed by atoms with Gasteiger partial charge in [-0.15, -0.1) is 0 Å². The van der Waals surface area contributed by atoms with Crippen LogP contribution in [0.2, 0.25) is 0 Å². The van der Waals surface area contributed by atoms with Crippen molar-refractivity contribution in [2.24, 2.45) is 0 Å². The molecular formula is C9H14F3NO3. The molecule has 2 N–H and O–H groups in total. The fraction of sp³-hybridized carbons (Fsp3) is 0.778. The largest absolute Gasteiger partial charge is 0.481 e. The number of halogens is 3. The smallest absolute Gasteiger partial charge is 0.390 e. The molecule has 0 aromatic carbocycles. The standard InChI is InChI=1S/C9H14F3NO3/c10-9(11,12)5-6-13-7(14)3-1-2-4-8(15)16/h1-6H2,(H,13,14)(H,15,16). The highest BCUT2D eigenvalue weighted by molar-refractivity contribution is 5.75. The van der Waals surface area contributed by atoms with Gasteiger partial charge < -0.3 is 10.4 Å². The minimum atomic E-state index is -4.27. The molecule has 0 fully saturated rings. The van der Waals surface area contributed by atoms with Crippen LogP contribution < -0.4 is 5.32 Å². The van der Waals surface area contributed by atoms with Crippen LogP contribution in [0, 0.1) is 0 Å². The van der Waals surface area contributed by atoms with E-state index in [1.165, 1.54) is 0 Å². The second kappa shape index (κ2) is 7.08. The van der Waals surface area contributed by atoms with Gasteiger partial charge in [0.05, 0.1) is 6.42 Å². The second-order valence-electron chi connectivity index (χ2n) is 3.32. The molecule has 0 unspecified atom stereocenters. The van der Waals surface area contributed by atoms with Crippen LogP contribution in [0.3, 0.4) is 0 Å². The van der Waals surface area contributed by atoms with E-state index in [1.807, 2.05) is 0 Å². The molecule has 0 saturated carbocycles. The van der Waals surface area contributed by atoms with Gasteiger partial charge in [-0.25, -0.2) is 0 Å². The first kappa shape index (κ1) is 14.7. The van der Waals surface area contributed by atoms with Gasteiger partial charge in [-0.05, 0) is 12.8 Å². The molecule has 0 saturated heterocycles. The first-order valence-electron chi connectivity index (χ1n) is 4.86. The van der Waals surface area contributed by atoms with Crippen LogP contribution in [0.15, 0.2) is 0 Å². The average molecular weight is 241 g/mol. The summed E-state index contributed by atoms with van der Waals surface area (Å²) in [5.41, 5.74) is 0. The topological polar surface area (TPSA) is 66.4 Å². The zero-order valence-corrected chi connectivity index (χ0v) is 8.64. The lowest BCUT2D eigenvalue weighted by Crippen LogP contribution is -2.27. The number of carboxylic acid groups (broad SMARTS) is 1. The number of hydrogen-bond donors (Lipinski definition) is 2. The number of carbonyl (C=O) groups is 2. The van der Waals surface area contributed by atoms with Gasteiger partial charge in [0.2, 0.25) is 5.91 Å². The molecule has 16 heavy (non-hydrogen) atoms. The molecule has 94 valence electrons. The first-order valence-corrected chi connectivity index (χ1v) is 4.86. The second-order valence-corrected chi connectivity index (χ2v) is 3.32. The predicted octanol–water partition coefficient (Wildman–Crippen LogP) is 1.70. The summed E-state index contributed by atoms with van der Waals surface area (Å²) in [6.07, 6.45) is -4.57. The summed E-state index contributed by atoms with van der Waals surface area (Å²) in [7, 11) is 0. The molecule has 0 aliphatic rings. The Labute approximate surface area is 90.8 Å². The number of carboxylic acids is 1. The van der Waals surface area contributed by atoms with Crippen molar-refractivity contribution >= 4 is 11.9 Å². The Morgan fingerprint density at radius 3 is 2.19 bits per heavy atom. The molecule has 0 heterocycles. The summed E-state index contributed by atoms with van der Waals surface area (Å²) in [5, 5.41) is 10.4. The number of hydrogen-bond acceptors (Lipinski definition) is 2. The highest BCUT2D eigenvalue weighted by atomic mass is 19.4. The number of carbonyl (C=O) groups excluding carboxylic acids is 1. The van der Waals surface area contributed by atoms with Crippen LogP contribution in [0.25, 0.3) is 0 Å². The van der Waals surface area contributed by atoms with Crippen molar-refractivity contribution in [3.63, 3.8) is 0 Å². The van der Waals surface area contributed by atoms with Gasteiger partial charge >= 0.3 is 12.1 Å². The molecule has 0 rings (SSSR count). The van der Waals surface area contributed by atoms with Gasteiger partial charge in [0.15, 0.2) is 0 Å². The molecule has 7 heteroatoms. The van der Waals surface area contributed by atoms with Gasteiger partial charge in [-0.2, -0.15) is 13.2 Å². The third kappa shape index (κ3) is 10.8. The quantitative estimate of drug-likeness (QED) is 0.667. The molecule has 0 radical (unpaired) electrons. The Bertz CT molecular complexity index is 241. The maximum Gasteiger partial charge on any atom is 0.390 e. The van der Waals surface area contributed by atoms with Crippen LogP contribution in [0.1, 0.15) is 32.1 Å². The van der Waals surface area contributed by atoms with Crippen molar-refractivity contribution in [3.05, 3.63) is 0 Å². The van der Waals surface area contributed by atoms with Gasteiger partial charge in [-0.3, -0.25) is 9.59 Å². The van der Waals surface area contributed by atoms with Crippen molar-refractivity contribution < 1.29 is 27.9 Å². The monoisotopic (exact) mass is 241 g/mol. The molecule has 1 amide bonds. The Kier molecular flexibility index (Phi) is 6.52. The highest BCUT2D eigenvalue weighted by Gasteiger charge is 2.26. The summed E-state index contributed by atoms with van der Waals surface area (Å²) in [5.74, 6) is -1.42. The minimum Gasteiger partial charge on any atom is -0.481 e. The summed E-state index contributed by atoms with van der Waals surface area (Å²) in [6.45, 7) is -0.429. The van der Waals surface area contributed by atoms with Crippen LogP contribution >= 0.6 is 0 Å². The summed E-state index contributed by atoms with van der Waals surface area (Å²) in [4.78, 5) is 21.0. The van der Waals surface area contributed by atoms with E-state index >= 15 is 0 Å². The molecule has 4 nitrogen and oxygen atoms in total. The lowest BCUT2D eigenvalue weighted by Gasteiger charge is -2.07. The maximum absolute atomic E-state index is 11.7. The van der Waals surface area contributed by atoms with Gasteiger partial charge in [0.25, 0.3) is 0 Å². The number of rotatable bonds is 7. The van der Waals surface area contributed by atoms with Crippen molar-refractivity contribution in [3.8, 4) is 0 Å². The Balaban J connectivity index is 3.42. The van der Waals surface area contributed by atoms with Crippen LogP contribution in [0.4, 0.5) is 13.2 Å². The first-order chi connectivity index (χ1) is 7.31. The van der Waals surface area contributed by atoms with E-state index in [4.69, 9.17) is 5.11 Å². The van der Waals surface area contributed by atoms with Crippen molar-refractivity contribution in [2.45, 2.75) is 38.3 Å². The molecule has 0 aromatic rings. The average Bonchev–Trinajstić information content (AvgIpc) is 2.10. The van der Waals surface area contributed by atoms with E-state index in [0.29, 0.717) is 12.8 Å². The summed E-state index contributed by atoms with van der Waals surface area (Å²) >= 11 is 0. The molecule has 0 aromatic heterocycles. The van der Waals surface area contributed by atoms with E-state index in [1.54, 1.807) is 0 Å². The molecule has 0 aliphatic heterocycles. The third-order valence-corrected chi connectivity index (χ3v) is 1.78. The molecule has 0 spiro atoms. The normalized spacial score (nSPS) is 11.2. The maximum atomic E-state index is 11.7. The van der Waals surface area contributed by atoms with E-state index in [9.17, 15) is 22.8 Å². The predicted molar refractivity (Wildman–Crippen MR) is 49.8 cm³/mol. The fourth-order valence-electron chi connectivity index (χ4n) is 0.994. The van der Waals surface area contributed by atoms with Crippen molar-refractivity contribution in [2.75, 3.05) is 6.54 Å². The number of nitrogens with one attached hydrogen (secondary N) is 1. The summed E-state index contributed by atoms with van der Waals surface area (Å²) in [6, 6.07) is 0. The molecule has 0 bridgehead atoms. The third-order valence-electron chi connectivity index (χ3n) is 1.78. The van der Waals surface area contributed by atoms with Gasteiger partial charge in [0, 0.05) is 19.4 Å².